The van der Waals surface area contributed by atoms with Crippen LogP contribution in [0.5, 0.6) is 11.5 Å². The molecule has 0 aliphatic rings. The Kier molecular flexibility index (Phi) is 4.54. The van der Waals surface area contributed by atoms with Crippen molar-refractivity contribution >= 4 is 21.6 Å². The van der Waals surface area contributed by atoms with E-state index in [1.165, 1.54) is 6.07 Å². The summed E-state index contributed by atoms with van der Waals surface area (Å²) < 4.78 is 19.6. The zero-order valence-corrected chi connectivity index (χ0v) is 12.5. The first-order chi connectivity index (χ1) is 9.88. The van der Waals surface area contributed by atoms with Gasteiger partial charge in [-0.15, -0.1) is 0 Å². The molecule has 0 heterocycles. The minimum Gasteiger partial charge on any atom is -0.456 e. The molecule has 2 aromatic rings. The predicted octanol–water partition coefficient (Wildman–Crippen LogP) is 4.34. The molecule has 0 bridgehead atoms. The minimum absolute atomic E-state index is 0.142. The highest BCUT2D eigenvalue weighted by molar-refractivity contribution is 9.10. The molecule has 0 fully saturated rings. The van der Waals surface area contributed by atoms with Crippen LogP contribution in [0, 0.1) is 15.9 Å². The zero-order valence-electron chi connectivity index (χ0n) is 10.9. The van der Waals surface area contributed by atoms with Gasteiger partial charge in [0.05, 0.1) is 15.5 Å². The molecule has 0 aromatic heterocycles. The highest BCUT2D eigenvalue weighted by Crippen LogP contribution is 2.33. The molecule has 0 amide bonds. The molecule has 1 N–H and O–H groups in total. The quantitative estimate of drug-likeness (QED) is 0.653. The number of nitrogens with zero attached hydrogens (tertiary/aromatic N) is 1. The van der Waals surface area contributed by atoms with E-state index in [1.807, 2.05) is 0 Å². The van der Waals surface area contributed by atoms with Gasteiger partial charge in [-0.1, -0.05) is 6.07 Å². The number of hydrogen-bond donors (Lipinski definition) is 1. The van der Waals surface area contributed by atoms with Crippen molar-refractivity contribution in [2.45, 2.75) is 13.0 Å². The number of nitro groups is 1. The van der Waals surface area contributed by atoms with Gasteiger partial charge in [0, 0.05) is 12.1 Å². The normalized spacial score (nSPS) is 12.0. The van der Waals surface area contributed by atoms with Crippen LogP contribution in [0.1, 0.15) is 18.6 Å². The molecule has 5 nitrogen and oxygen atoms in total. The van der Waals surface area contributed by atoms with Crippen molar-refractivity contribution in [2.24, 2.45) is 0 Å². The fourth-order valence-corrected chi connectivity index (χ4v) is 2.16. The standard InChI is InChI=1S/C14H11BrFNO4/c1-8(18)9-2-5-14(11(15)6-9)21-10-3-4-13(17(19)20)12(16)7-10/h2-8,18H,1H3/t8-/m1/s1. The minimum atomic E-state index is -0.964. The molecule has 0 unspecified atom stereocenters. The van der Waals surface area contributed by atoms with Gasteiger partial charge < -0.3 is 9.84 Å². The Labute approximate surface area is 128 Å². The number of ether oxygens (including phenoxy) is 1. The third-order valence-corrected chi connectivity index (χ3v) is 3.40. The monoisotopic (exact) mass is 355 g/mol. The predicted molar refractivity (Wildman–Crippen MR) is 77.9 cm³/mol. The highest BCUT2D eigenvalue weighted by Gasteiger charge is 2.15. The van der Waals surface area contributed by atoms with Crippen LogP contribution in [-0.2, 0) is 0 Å². The first-order valence-corrected chi connectivity index (χ1v) is 6.77. The van der Waals surface area contributed by atoms with E-state index in [1.54, 1.807) is 25.1 Å². The molecule has 0 aliphatic carbocycles. The van der Waals surface area contributed by atoms with Gasteiger partial charge in [0.15, 0.2) is 0 Å². The Morgan fingerprint density at radius 2 is 2.05 bits per heavy atom. The fourth-order valence-electron chi connectivity index (χ4n) is 1.69. The summed E-state index contributed by atoms with van der Waals surface area (Å²) in [6, 6.07) is 8.28. The number of hydrogen-bond acceptors (Lipinski definition) is 4. The third-order valence-electron chi connectivity index (χ3n) is 2.78. The molecule has 0 spiro atoms. The Morgan fingerprint density at radius 3 is 2.57 bits per heavy atom. The van der Waals surface area contributed by atoms with Crippen LogP contribution in [-0.4, -0.2) is 10.0 Å². The van der Waals surface area contributed by atoms with Gasteiger partial charge in [-0.2, -0.15) is 4.39 Å². The Bertz CT molecular complexity index is 691. The molecular weight excluding hydrogens is 345 g/mol. The summed E-state index contributed by atoms with van der Waals surface area (Å²) in [4.78, 5) is 9.74. The first-order valence-electron chi connectivity index (χ1n) is 5.98. The summed E-state index contributed by atoms with van der Waals surface area (Å²) in [5.41, 5.74) is 0.0926. The lowest BCUT2D eigenvalue weighted by Crippen LogP contribution is -1.94. The number of nitro benzene ring substituents is 1. The Morgan fingerprint density at radius 1 is 1.33 bits per heavy atom. The molecule has 2 aromatic carbocycles. The SMILES string of the molecule is C[C@@H](O)c1ccc(Oc2ccc([N+](=O)[O-])c(F)c2)c(Br)c1. The van der Waals surface area contributed by atoms with Gasteiger partial charge in [0.1, 0.15) is 11.5 Å². The first kappa shape index (κ1) is 15.4. The van der Waals surface area contributed by atoms with Crippen molar-refractivity contribution in [1.82, 2.24) is 0 Å². The van der Waals surface area contributed by atoms with Crippen molar-refractivity contribution < 1.29 is 19.2 Å². The van der Waals surface area contributed by atoms with Crippen molar-refractivity contribution in [2.75, 3.05) is 0 Å². The number of benzene rings is 2. The summed E-state index contributed by atoms with van der Waals surface area (Å²) >= 11 is 3.29. The second-order valence-electron chi connectivity index (χ2n) is 4.34. The maximum atomic E-state index is 13.5. The van der Waals surface area contributed by atoms with E-state index in [2.05, 4.69) is 15.9 Å². The van der Waals surface area contributed by atoms with Crippen molar-refractivity contribution in [1.29, 1.82) is 0 Å². The smallest absolute Gasteiger partial charge is 0.305 e. The molecule has 21 heavy (non-hydrogen) atoms. The van der Waals surface area contributed by atoms with Gasteiger partial charge in [-0.25, -0.2) is 0 Å². The number of aliphatic hydroxyl groups is 1. The van der Waals surface area contributed by atoms with Crippen LogP contribution in [0.3, 0.4) is 0 Å². The number of rotatable bonds is 4. The van der Waals surface area contributed by atoms with Gasteiger partial charge >= 0.3 is 5.69 Å². The number of aliphatic hydroxyl groups excluding tert-OH is 1. The van der Waals surface area contributed by atoms with E-state index >= 15 is 0 Å². The lowest BCUT2D eigenvalue weighted by molar-refractivity contribution is -0.387. The molecule has 1 atom stereocenters. The molecule has 0 aliphatic heterocycles. The van der Waals surface area contributed by atoms with E-state index in [9.17, 15) is 19.6 Å². The molecule has 110 valence electrons. The third kappa shape index (κ3) is 3.56. The lowest BCUT2D eigenvalue weighted by Gasteiger charge is -2.10. The molecule has 0 saturated heterocycles. The largest absolute Gasteiger partial charge is 0.456 e. The fraction of sp³-hybridized carbons (Fsp3) is 0.143. The molecule has 0 radical (unpaired) electrons. The zero-order chi connectivity index (χ0) is 15.6. The van der Waals surface area contributed by atoms with Gasteiger partial charge in [0.2, 0.25) is 5.82 Å². The highest BCUT2D eigenvalue weighted by atomic mass is 79.9. The summed E-state index contributed by atoms with van der Waals surface area (Å²) in [6.45, 7) is 1.63. The lowest BCUT2D eigenvalue weighted by atomic mass is 10.1. The van der Waals surface area contributed by atoms with E-state index in [0.29, 0.717) is 15.8 Å². The summed E-state index contributed by atoms with van der Waals surface area (Å²) in [5, 5.41) is 20.0. The van der Waals surface area contributed by atoms with Crippen molar-refractivity contribution in [3.63, 3.8) is 0 Å². The topological polar surface area (TPSA) is 72.6 Å². The molecule has 0 saturated carbocycles. The molecule has 2 rings (SSSR count). The average Bonchev–Trinajstić information content (AvgIpc) is 2.40. The Hall–Kier alpha value is -1.99. The summed E-state index contributed by atoms with van der Waals surface area (Å²) in [6.07, 6.45) is -0.618. The number of halogens is 2. The summed E-state index contributed by atoms with van der Waals surface area (Å²) in [7, 11) is 0. The van der Waals surface area contributed by atoms with Crippen LogP contribution in [0.25, 0.3) is 0 Å². The van der Waals surface area contributed by atoms with Crippen LogP contribution < -0.4 is 4.74 Å². The van der Waals surface area contributed by atoms with Gasteiger partial charge in [-0.3, -0.25) is 10.1 Å². The van der Waals surface area contributed by atoms with Crippen molar-refractivity contribution in [3.8, 4) is 11.5 Å². The van der Waals surface area contributed by atoms with Crippen LogP contribution in [0.2, 0.25) is 0 Å². The van der Waals surface area contributed by atoms with Gasteiger partial charge in [0.25, 0.3) is 0 Å². The van der Waals surface area contributed by atoms with E-state index in [4.69, 9.17) is 4.74 Å². The maximum absolute atomic E-state index is 13.5. The van der Waals surface area contributed by atoms with Gasteiger partial charge in [-0.05, 0) is 46.6 Å². The van der Waals surface area contributed by atoms with Crippen molar-refractivity contribution in [3.05, 3.63) is 62.4 Å². The van der Waals surface area contributed by atoms with Crippen LogP contribution in [0.15, 0.2) is 40.9 Å². The van der Waals surface area contributed by atoms with Crippen LogP contribution in [0.4, 0.5) is 10.1 Å². The summed E-state index contributed by atoms with van der Waals surface area (Å²) in [5.74, 6) is -0.412. The second kappa shape index (κ2) is 6.19. The average molecular weight is 356 g/mol. The van der Waals surface area contributed by atoms with Crippen LogP contribution >= 0.6 is 15.9 Å². The maximum Gasteiger partial charge on any atom is 0.305 e. The Balaban J connectivity index is 2.26. The van der Waals surface area contributed by atoms with E-state index < -0.39 is 22.5 Å². The second-order valence-corrected chi connectivity index (χ2v) is 5.19. The molecule has 7 heteroatoms. The van der Waals surface area contributed by atoms with E-state index in [0.717, 1.165) is 12.1 Å². The molecular formula is C14H11BrFNO4. The van der Waals surface area contributed by atoms with E-state index in [-0.39, 0.29) is 5.75 Å².